The number of amides is 1. The van der Waals surface area contributed by atoms with Crippen molar-refractivity contribution >= 4 is 16.9 Å². The zero-order valence-electron chi connectivity index (χ0n) is 15.3. The van der Waals surface area contributed by atoms with Crippen LogP contribution in [0, 0.1) is 13.8 Å². The fourth-order valence-corrected chi connectivity index (χ4v) is 4.40. The Labute approximate surface area is 149 Å². The van der Waals surface area contributed by atoms with E-state index in [9.17, 15) is 4.79 Å². The summed E-state index contributed by atoms with van der Waals surface area (Å²) >= 11 is 0. The molecule has 0 radical (unpaired) electrons. The van der Waals surface area contributed by atoms with Crippen molar-refractivity contribution in [3.63, 3.8) is 0 Å². The summed E-state index contributed by atoms with van der Waals surface area (Å²) < 4.78 is 0. The molecular weight excluding hydrogens is 312 g/mol. The first-order valence-electron chi connectivity index (χ1n) is 9.31. The van der Waals surface area contributed by atoms with Crippen LogP contribution in [0.4, 0.5) is 0 Å². The van der Waals surface area contributed by atoms with Gasteiger partial charge in [0, 0.05) is 24.2 Å². The predicted molar refractivity (Wildman–Crippen MR) is 98.7 cm³/mol. The van der Waals surface area contributed by atoms with Gasteiger partial charge in [-0.15, -0.1) is 0 Å². The Morgan fingerprint density at radius 1 is 1.00 bits per heavy atom. The first-order valence-corrected chi connectivity index (χ1v) is 9.31. The third kappa shape index (κ3) is 2.91. The molecule has 0 bridgehead atoms. The maximum atomic E-state index is 13.2. The Morgan fingerprint density at radius 3 is 2.40 bits per heavy atom. The highest BCUT2D eigenvalue weighted by molar-refractivity contribution is 5.97. The molecule has 3 heterocycles. The molecule has 5 heteroatoms. The molecule has 0 unspecified atom stereocenters. The Kier molecular flexibility index (Phi) is 4.20. The van der Waals surface area contributed by atoms with E-state index in [4.69, 9.17) is 0 Å². The zero-order valence-corrected chi connectivity index (χ0v) is 15.3. The van der Waals surface area contributed by atoms with Gasteiger partial charge in [0.15, 0.2) is 0 Å². The number of hydrogen-bond acceptors (Lipinski definition) is 4. The summed E-state index contributed by atoms with van der Waals surface area (Å²) in [5.41, 5.74) is 4.26. The van der Waals surface area contributed by atoms with Crippen molar-refractivity contribution in [2.24, 2.45) is 0 Å². The van der Waals surface area contributed by atoms with Crippen molar-refractivity contribution in [3.05, 3.63) is 35.2 Å². The van der Waals surface area contributed by atoms with E-state index in [1.165, 1.54) is 12.8 Å². The van der Waals surface area contributed by atoms with E-state index >= 15 is 0 Å². The standard InChI is InChI=1S/C20H26N4O/c1-13-14(2)22-17-12-15(8-9-16(17)21-13)20(25)24-11-5-7-19(24)18-6-4-10-23(18)3/h8-9,12,18-19H,4-7,10-11H2,1-3H3/t18-,19+/m0/s1. The topological polar surface area (TPSA) is 49.3 Å². The molecule has 2 aromatic rings. The number of likely N-dealkylation sites (tertiary alicyclic amines) is 2. The van der Waals surface area contributed by atoms with Crippen LogP contribution >= 0.6 is 0 Å². The third-order valence-electron chi connectivity index (χ3n) is 5.90. The van der Waals surface area contributed by atoms with Crippen molar-refractivity contribution in [1.29, 1.82) is 0 Å². The maximum absolute atomic E-state index is 13.2. The molecule has 0 aliphatic carbocycles. The number of aromatic nitrogens is 2. The van der Waals surface area contributed by atoms with Gasteiger partial charge in [-0.1, -0.05) is 0 Å². The van der Waals surface area contributed by atoms with Crippen LogP contribution in [0.15, 0.2) is 18.2 Å². The van der Waals surface area contributed by atoms with Crippen molar-refractivity contribution in [3.8, 4) is 0 Å². The molecule has 0 N–H and O–H groups in total. The van der Waals surface area contributed by atoms with E-state index in [0.29, 0.717) is 12.1 Å². The van der Waals surface area contributed by atoms with Crippen molar-refractivity contribution in [2.75, 3.05) is 20.1 Å². The Balaban J connectivity index is 1.63. The fraction of sp³-hybridized carbons (Fsp3) is 0.550. The lowest BCUT2D eigenvalue weighted by atomic mass is 10.0. The molecule has 1 aromatic carbocycles. The van der Waals surface area contributed by atoms with Gasteiger partial charge in [0.05, 0.1) is 22.4 Å². The molecule has 0 saturated carbocycles. The number of carbonyl (C=O) groups is 1. The highest BCUT2D eigenvalue weighted by Gasteiger charge is 2.38. The molecule has 1 amide bonds. The first-order chi connectivity index (χ1) is 12.0. The van der Waals surface area contributed by atoms with Gasteiger partial charge in [0.25, 0.3) is 5.91 Å². The molecule has 5 nitrogen and oxygen atoms in total. The van der Waals surface area contributed by atoms with E-state index in [2.05, 4.69) is 26.8 Å². The SMILES string of the molecule is Cc1nc2ccc(C(=O)N3CCC[C@@H]3[C@@H]3CCCN3C)cc2nc1C. The number of likely N-dealkylation sites (N-methyl/N-ethyl adjacent to an activating group) is 1. The second kappa shape index (κ2) is 6.37. The Bertz CT molecular complexity index is 819. The van der Waals surface area contributed by atoms with Crippen LogP contribution in [0.25, 0.3) is 11.0 Å². The molecule has 2 aliphatic rings. The van der Waals surface area contributed by atoms with Gasteiger partial charge in [-0.2, -0.15) is 0 Å². The van der Waals surface area contributed by atoms with Crippen LogP contribution in [0.2, 0.25) is 0 Å². The number of benzene rings is 1. The average Bonchev–Trinajstić information content (AvgIpc) is 3.23. The van der Waals surface area contributed by atoms with E-state index in [1.54, 1.807) is 0 Å². The van der Waals surface area contributed by atoms with Gasteiger partial charge in [0.1, 0.15) is 0 Å². The molecule has 2 saturated heterocycles. The normalized spacial score (nSPS) is 24.4. The average molecular weight is 338 g/mol. The molecule has 1 aromatic heterocycles. The largest absolute Gasteiger partial charge is 0.334 e. The number of carbonyl (C=O) groups excluding carboxylic acids is 1. The molecular formula is C20H26N4O. The van der Waals surface area contributed by atoms with Crippen molar-refractivity contribution < 1.29 is 4.79 Å². The van der Waals surface area contributed by atoms with E-state index < -0.39 is 0 Å². The second-order valence-corrected chi connectivity index (χ2v) is 7.50. The first kappa shape index (κ1) is 16.5. The van der Waals surface area contributed by atoms with Gasteiger partial charge >= 0.3 is 0 Å². The van der Waals surface area contributed by atoms with Crippen LogP contribution in [0.5, 0.6) is 0 Å². The van der Waals surface area contributed by atoms with Crippen molar-refractivity contribution in [2.45, 2.75) is 51.6 Å². The molecule has 25 heavy (non-hydrogen) atoms. The highest BCUT2D eigenvalue weighted by Crippen LogP contribution is 2.30. The molecule has 0 spiro atoms. The van der Waals surface area contributed by atoms with Gasteiger partial charge in [0.2, 0.25) is 0 Å². The Morgan fingerprint density at radius 2 is 1.68 bits per heavy atom. The van der Waals surface area contributed by atoms with Crippen LogP contribution in [0.1, 0.15) is 47.4 Å². The van der Waals surface area contributed by atoms with Gasteiger partial charge in [-0.05, 0) is 71.3 Å². The molecule has 4 rings (SSSR count). The minimum atomic E-state index is 0.143. The quantitative estimate of drug-likeness (QED) is 0.845. The molecule has 132 valence electrons. The predicted octanol–water partition coefficient (Wildman–Crippen LogP) is 2.95. The number of hydrogen-bond donors (Lipinski definition) is 0. The van der Waals surface area contributed by atoms with Gasteiger partial charge < -0.3 is 9.80 Å². The van der Waals surface area contributed by atoms with Crippen LogP contribution in [-0.2, 0) is 0 Å². The van der Waals surface area contributed by atoms with E-state index in [1.807, 2.05) is 32.0 Å². The maximum Gasteiger partial charge on any atom is 0.254 e. The monoisotopic (exact) mass is 338 g/mol. The van der Waals surface area contributed by atoms with Crippen LogP contribution in [0.3, 0.4) is 0 Å². The van der Waals surface area contributed by atoms with Crippen LogP contribution < -0.4 is 0 Å². The van der Waals surface area contributed by atoms with Crippen molar-refractivity contribution in [1.82, 2.24) is 19.8 Å². The fourth-order valence-electron chi connectivity index (χ4n) is 4.40. The lowest BCUT2D eigenvalue weighted by Gasteiger charge is -2.33. The number of rotatable bonds is 2. The minimum absolute atomic E-state index is 0.143. The second-order valence-electron chi connectivity index (χ2n) is 7.50. The summed E-state index contributed by atoms with van der Waals surface area (Å²) in [6.07, 6.45) is 4.66. The lowest BCUT2D eigenvalue weighted by Crippen LogP contribution is -2.47. The minimum Gasteiger partial charge on any atom is -0.334 e. The smallest absolute Gasteiger partial charge is 0.254 e. The molecule has 2 aliphatic heterocycles. The summed E-state index contributed by atoms with van der Waals surface area (Å²) in [6, 6.07) is 6.60. The summed E-state index contributed by atoms with van der Waals surface area (Å²) in [6.45, 7) is 5.94. The van der Waals surface area contributed by atoms with E-state index in [-0.39, 0.29) is 5.91 Å². The highest BCUT2D eigenvalue weighted by atomic mass is 16.2. The zero-order chi connectivity index (χ0) is 17.6. The van der Waals surface area contributed by atoms with Gasteiger partial charge in [-0.3, -0.25) is 4.79 Å². The molecule has 2 atom stereocenters. The molecule has 2 fully saturated rings. The summed E-state index contributed by atoms with van der Waals surface area (Å²) in [4.78, 5) is 26.9. The summed E-state index contributed by atoms with van der Waals surface area (Å²) in [5, 5.41) is 0. The summed E-state index contributed by atoms with van der Waals surface area (Å²) in [5.74, 6) is 0.143. The third-order valence-corrected chi connectivity index (χ3v) is 5.90. The number of aryl methyl sites for hydroxylation is 2. The van der Waals surface area contributed by atoms with Crippen LogP contribution in [-0.4, -0.2) is 57.9 Å². The van der Waals surface area contributed by atoms with Gasteiger partial charge in [-0.25, -0.2) is 9.97 Å². The lowest BCUT2D eigenvalue weighted by molar-refractivity contribution is 0.0664. The van der Waals surface area contributed by atoms with E-state index in [0.717, 1.165) is 53.9 Å². The number of nitrogens with zero attached hydrogens (tertiary/aromatic N) is 4. The number of fused-ring (bicyclic) bond motifs is 1. The summed E-state index contributed by atoms with van der Waals surface area (Å²) in [7, 11) is 2.19. The Hall–Kier alpha value is -2.01.